The lowest BCUT2D eigenvalue weighted by Gasteiger charge is -2.32. The van der Waals surface area contributed by atoms with Gasteiger partial charge in [-0.05, 0) is 52.2 Å². The smallest absolute Gasteiger partial charge is 0.127 e. The van der Waals surface area contributed by atoms with Crippen LogP contribution in [0.3, 0.4) is 0 Å². The van der Waals surface area contributed by atoms with Gasteiger partial charge in [0.15, 0.2) is 0 Å². The highest BCUT2D eigenvalue weighted by molar-refractivity contribution is 7.02. The van der Waals surface area contributed by atoms with Crippen LogP contribution < -0.4 is 20.3 Å². The van der Waals surface area contributed by atoms with E-state index in [4.69, 9.17) is 4.74 Å². The lowest BCUT2D eigenvalue weighted by molar-refractivity contribution is 0.489. The molecule has 30 heavy (non-hydrogen) atoms. The summed E-state index contributed by atoms with van der Waals surface area (Å²) in [5, 5.41) is 4.35. The molecule has 0 bridgehead atoms. The average Bonchev–Trinajstić information content (AvgIpc) is 3.17. The van der Waals surface area contributed by atoms with E-state index in [0.29, 0.717) is 0 Å². The highest BCUT2D eigenvalue weighted by Crippen LogP contribution is 2.27. The van der Waals surface area contributed by atoms with Crippen LogP contribution in [0.15, 0.2) is 66.7 Å². The summed E-state index contributed by atoms with van der Waals surface area (Å²) in [7, 11) is -3.62. The highest BCUT2D eigenvalue weighted by Gasteiger charge is 2.35. The topological polar surface area (TPSA) is 9.23 Å². The largest absolute Gasteiger partial charge is 0.458 e. The van der Waals surface area contributed by atoms with Crippen molar-refractivity contribution in [2.24, 2.45) is 0 Å². The fourth-order valence-electron chi connectivity index (χ4n) is 4.49. The summed E-state index contributed by atoms with van der Waals surface area (Å²) in [5.74, 6) is 2.03. The van der Waals surface area contributed by atoms with Crippen molar-refractivity contribution in [1.29, 1.82) is 0 Å². The molecule has 0 atom stereocenters. The molecule has 1 nitrogen and oxygen atoms in total. The molecule has 0 fully saturated rings. The standard InChI is InChI=1S/C27H32OSi2/c1-20-18-25(29(2,3)4)27(28-22-14-8-7-9-15-22)26(19-20)30(5,6)24-17-11-13-21-12-10-16-23(21)24/h7-11,13-19H,12H2,1-6H3. The molecule has 0 N–H and O–H groups in total. The van der Waals surface area contributed by atoms with Crippen LogP contribution in [0.25, 0.3) is 6.08 Å². The molecular formula is C27H32OSi2. The molecule has 154 valence electrons. The fraction of sp³-hybridized carbons (Fsp3) is 0.259. The summed E-state index contributed by atoms with van der Waals surface area (Å²) in [6.45, 7) is 14.5. The Morgan fingerprint density at radius 1 is 0.767 bits per heavy atom. The molecule has 3 aromatic carbocycles. The monoisotopic (exact) mass is 428 g/mol. The minimum atomic E-state index is -2.01. The second kappa shape index (κ2) is 7.71. The quantitative estimate of drug-likeness (QED) is 0.472. The molecule has 1 aliphatic carbocycles. The Hall–Kier alpha value is -2.37. The average molecular weight is 429 g/mol. The predicted octanol–water partition coefficient (Wildman–Crippen LogP) is 5.72. The summed E-state index contributed by atoms with van der Waals surface area (Å²) >= 11 is 0. The van der Waals surface area contributed by atoms with Crippen LogP contribution >= 0.6 is 0 Å². The van der Waals surface area contributed by atoms with E-state index in [1.807, 2.05) is 6.07 Å². The SMILES string of the molecule is Cc1cc([Si](C)(C)C)c(Oc2ccccc2)c([Si](C)(C)c2cccc3c2C=CC3)c1. The second-order valence-electron chi connectivity index (χ2n) is 9.96. The van der Waals surface area contributed by atoms with Crippen molar-refractivity contribution in [3.8, 4) is 11.5 Å². The van der Waals surface area contributed by atoms with Gasteiger partial charge in [-0.3, -0.25) is 0 Å². The number of rotatable bonds is 5. The summed E-state index contributed by atoms with van der Waals surface area (Å²) in [6.07, 6.45) is 5.67. The van der Waals surface area contributed by atoms with Crippen LogP contribution in [0, 0.1) is 6.92 Å². The van der Waals surface area contributed by atoms with E-state index < -0.39 is 16.1 Å². The molecule has 0 saturated heterocycles. The molecule has 0 spiro atoms. The predicted molar refractivity (Wildman–Crippen MR) is 137 cm³/mol. The maximum Gasteiger partial charge on any atom is 0.127 e. The molecule has 4 rings (SSSR count). The summed E-state index contributed by atoms with van der Waals surface area (Å²) in [4.78, 5) is 0. The Morgan fingerprint density at radius 2 is 1.47 bits per heavy atom. The van der Waals surface area contributed by atoms with Gasteiger partial charge in [0.05, 0.1) is 8.07 Å². The van der Waals surface area contributed by atoms with Gasteiger partial charge < -0.3 is 4.74 Å². The molecule has 3 heteroatoms. The third kappa shape index (κ3) is 3.84. The molecule has 0 aliphatic heterocycles. The van der Waals surface area contributed by atoms with Crippen LogP contribution in [0.4, 0.5) is 0 Å². The normalized spacial score (nSPS) is 13.4. The van der Waals surface area contributed by atoms with Crippen molar-refractivity contribution < 1.29 is 4.74 Å². The molecule has 0 unspecified atom stereocenters. The van der Waals surface area contributed by atoms with E-state index in [-0.39, 0.29) is 0 Å². The number of benzene rings is 3. The number of hydrogen-bond acceptors (Lipinski definition) is 1. The van der Waals surface area contributed by atoms with E-state index in [1.165, 1.54) is 32.3 Å². The zero-order valence-electron chi connectivity index (χ0n) is 19.0. The molecule has 0 saturated carbocycles. The molecule has 0 heterocycles. The first kappa shape index (κ1) is 20.9. The van der Waals surface area contributed by atoms with E-state index in [9.17, 15) is 0 Å². The summed E-state index contributed by atoms with van der Waals surface area (Å²) in [5.41, 5.74) is 4.24. The maximum absolute atomic E-state index is 6.70. The Labute approximate surface area is 183 Å². The van der Waals surface area contributed by atoms with Crippen molar-refractivity contribution in [3.05, 3.63) is 83.4 Å². The van der Waals surface area contributed by atoms with Gasteiger partial charge in [0.2, 0.25) is 0 Å². The van der Waals surface area contributed by atoms with Crippen molar-refractivity contribution in [2.45, 2.75) is 46.1 Å². The lowest BCUT2D eigenvalue weighted by atomic mass is 10.1. The lowest BCUT2D eigenvalue weighted by Crippen LogP contribution is -2.56. The Balaban J connectivity index is 1.96. The Kier molecular flexibility index (Phi) is 5.37. The van der Waals surface area contributed by atoms with Crippen molar-refractivity contribution in [3.63, 3.8) is 0 Å². The third-order valence-electron chi connectivity index (χ3n) is 6.17. The van der Waals surface area contributed by atoms with Gasteiger partial charge in [0, 0.05) is 0 Å². The molecule has 0 radical (unpaired) electrons. The number of allylic oxidation sites excluding steroid dienone is 1. The maximum atomic E-state index is 6.70. The molecular weight excluding hydrogens is 396 g/mol. The van der Waals surface area contributed by atoms with Crippen molar-refractivity contribution in [2.75, 3.05) is 0 Å². The van der Waals surface area contributed by atoms with Crippen LogP contribution in [-0.4, -0.2) is 16.1 Å². The van der Waals surface area contributed by atoms with Gasteiger partial charge in [-0.15, -0.1) is 0 Å². The van der Waals surface area contributed by atoms with Gasteiger partial charge in [0.1, 0.15) is 19.6 Å². The molecule has 0 aromatic heterocycles. The van der Waals surface area contributed by atoms with E-state index in [0.717, 1.165) is 17.9 Å². The van der Waals surface area contributed by atoms with Crippen LogP contribution in [0.1, 0.15) is 16.7 Å². The Bertz CT molecular complexity index is 1110. The first-order valence-electron chi connectivity index (χ1n) is 10.9. The van der Waals surface area contributed by atoms with Crippen LogP contribution in [-0.2, 0) is 6.42 Å². The van der Waals surface area contributed by atoms with Crippen molar-refractivity contribution >= 4 is 37.8 Å². The van der Waals surface area contributed by atoms with Gasteiger partial charge in [-0.25, -0.2) is 0 Å². The molecule has 3 aromatic rings. The van der Waals surface area contributed by atoms with Crippen LogP contribution in [0.5, 0.6) is 11.5 Å². The number of aryl methyl sites for hydroxylation is 1. The van der Waals surface area contributed by atoms with Crippen molar-refractivity contribution in [1.82, 2.24) is 0 Å². The van der Waals surface area contributed by atoms with Crippen LogP contribution in [0.2, 0.25) is 32.7 Å². The van der Waals surface area contributed by atoms with Gasteiger partial charge >= 0.3 is 0 Å². The zero-order chi connectivity index (χ0) is 21.5. The minimum Gasteiger partial charge on any atom is -0.458 e. The first-order chi connectivity index (χ1) is 14.2. The van der Waals surface area contributed by atoms with E-state index >= 15 is 0 Å². The number of para-hydroxylation sites is 1. The van der Waals surface area contributed by atoms with E-state index in [2.05, 4.69) is 106 Å². The van der Waals surface area contributed by atoms with Gasteiger partial charge in [0.25, 0.3) is 0 Å². The van der Waals surface area contributed by atoms with Gasteiger partial charge in [-0.1, -0.05) is 99.0 Å². The third-order valence-corrected chi connectivity index (χ3v) is 11.7. The highest BCUT2D eigenvalue weighted by atomic mass is 28.3. The fourth-order valence-corrected chi connectivity index (χ4v) is 9.21. The Morgan fingerprint density at radius 3 is 2.17 bits per heavy atom. The summed E-state index contributed by atoms with van der Waals surface area (Å²) in [6, 6.07) is 21.9. The number of hydrogen-bond donors (Lipinski definition) is 0. The number of ether oxygens (including phenoxy) is 1. The van der Waals surface area contributed by atoms with E-state index in [1.54, 1.807) is 0 Å². The first-order valence-corrected chi connectivity index (χ1v) is 17.4. The minimum absolute atomic E-state index is 0.921. The molecule has 1 aliphatic rings. The number of fused-ring (bicyclic) bond motifs is 1. The zero-order valence-corrected chi connectivity index (χ0v) is 21.0. The summed E-state index contributed by atoms with van der Waals surface area (Å²) < 4.78 is 6.70. The van der Waals surface area contributed by atoms with Gasteiger partial charge in [-0.2, -0.15) is 0 Å². The second-order valence-corrected chi connectivity index (χ2v) is 19.3. The molecule has 0 amide bonds.